The Morgan fingerprint density at radius 3 is 2.74 bits per heavy atom. The van der Waals surface area contributed by atoms with Crippen LogP contribution in [0.3, 0.4) is 0 Å². The number of hydrogen-bond donors (Lipinski definition) is 0. The number of anilines is 1. The van der Waals surface area contributed by atoms with Gasteiger partial charge in [-0.15, -0.1) is 0 Å². The Morgan fingerprint density at radius 2 is 2.03 bits per heavy atom. The molecular weight excluding hydrogens is 459 g/mol. The first-order chi connectivity index (χ1) is 16.7. The number of methoxy groups -OCH3 is 1. The number of aromatic nitrogens is 1. The van der Waals surface area contributed by atoms with E-state index >= 15 is 0 Å². The van der Waals surface area contributed by atoms with Gasteiger partial charge in [-0.1, -0.05) is 12.1 Å². The fourth-order valence-corrected chi connectivity index (χ4v) is 4.45. The molecule has 0 bridgehead atoms. The number of hydrogen-bond acceptors (Lipinski definition) is 5. The number of cyclic esters (lactones) is 1. The van der Waals surface area contributed by atoms with Crippen LogP contribution in [0.4, 0.5) is 23.7 Å². The first kappa shape index (κ1) is 24.8. The number of halogens is 3. The molecule has 0 unspecified atom stereocenters. The number of ether oxygens (including phenoxy) is 2. The zero-order chi connectivity index (χ0) is 25.2. The van der Waals surface area contributed by atoms with Crippen molar-refractivity contribution < 1.29 is 27.4 Å². The van der Waals surface area contributed by atoms with E-state index in [0.717, 1.165) is 48.2 Å². The third kappa shape index (κ3) is 5.67. The normalized spacial score (nSPS) is 16.3. The predicted molar refractivity (Wildman–Crippen MR) is 128 cm³/mol. The van der Waals surface area contributed by atoms with Gasteiger partial charge >= 0.3 is 12.3 Å². The van der Waals surface area contributed by atoms with Crippen LogP contribution in [-0.2, 0) is 17.3 Å². The molecule has 0 spiro atoms. The van der Waals surface area contributed by atoms with Crippen LogP contribution in [0.25, 0.3) is 10.9 Å². The second kappa shape index (κ2) is 10.1. The molecule has 1 atom stereocenters. The Labute approximate surface area is 202 Å². The van der Waals surface area contributed by atoms with E-state index in [4.69, 9.17) is 9.47 Å². The van der Waals surface area contributed by atoms with E-state index in [1.54, 1.807) is 20.2 Å². The fourth-order valence-electron chi connectivity index (χ4n) is 4.45. The number of carbonyl (C=O) groups excluding carboxylic acids is 1. The summed E-state index contributed by atoms with van der Waals surface area (Å²) >= 11 is 0. The van der Waals surface area contributed by atoms with Crippen LogP contribution in [0, 0.1) is 6.92 Å². The summed E-state index contributed by atoms with van der Waals surface area (Å²) in [5, 5.41) is 1.07. The predicted octanol–water partition coefficient (Wildman–Crippen LogP) is 5.46. The molecule has 35 heavy (non-hydrogen) atoms. The van der Waals surface area contributed by atoms with Gasteiger partial charge in [0, 0.05) is 11.9 Å². The SMILES string of the molecule is COc1cnc2cccc(CCCN(C)C[C@@H]3CN(c4ccc(C(F)(F)F)cc4C)C(=O)O3)c2c1. The maximum atomic E-state index is 13.0. The van der Waals surface area contributed by atoms with Gasteiger partial charge in [0.2, 0.25) is 0 Å². The summed E-state index contributed by atoms with van der Waals surface area (Å²) in [6.07, 6.45) is -1.86. The van der Waals surface area contributed by atoms with Gasteiger partial charge in [0.25, 0.3) is 0 Å². The van der Waals surface area contributed by atoms with E-state index in [9.17, 15) is 18.0 Å². The molecule has 1 aliphatic heterocycles. The molecule has 3 aromatic rings. The number of nitrogens with zero attached hydrogens (tertiary/aromatic N) is 3. The quantitative estimate of drug-likeness (QED) is 0.422. The molecule has 6 nitrogen and oxygen atoms in total. The van der Waals surface area contributed by atoms with Crippen molar-refractivity contribution in [2.75, 3.05) is 38.7 Å². The number of fused-ring (bicyclic) bond motifs is 1. The number of rotatable bonds is 8. The molecule has 1 aliphatic rings. The average molecular weight is 488 g/mol. The van der Waals surface area contributed by atoms with Gasteiger partial charge in [-0.25, -0.2) is 4.79 Å². The average Bonchev–Trinajstić information content (AvgIpc) is 3.17. The number of alkyl halides is 3. The third-order valence-electron chi connectivity index (χ3n) is 6.22. The molecule has 0 N–H and O–H groups in total. The number of benzene rings is 2. The zero-order valence-electron chi connectivity index (χ0n) is 19.9. The van der Waals surface area contributed by atoms with Crippen LogP contribution in [0.2, 0.25) is 0 Å². The summed E-state index contributed by atoms with van der Waals surface area (Å²) in [6.45, 7) is 3.19. The monoisotopic (exact) mass is 487 g/mol. The summed E-state index contributed by atoms with van der Waals surface area (Å²) < 4.78 is 49.7. The highest BCUT2D eigenvalue weighted by atomic mass is 19.4. The Bertz CT molecular complexity index is 1220. The molecule has 1 aromatic heterocycles. The van der Waals surface area contributed by atoms with E-state index in [1.807, 2.05) is 25.2 Å². The number of aryl methyl sites for hydroxylation is 2. The third-order valence-corrected chi connectivity index (χ3v) is 6.22. The molecule has 1 amide bonds. The minimum absolute atomic E-state index is 0.296. The Hall–Kier alpha value is -3.33. The van der Waals surface area contributed by atoms with Crippen LogP contribution >= 0.6 is 0 Å². The van der Waals surface area contributed by atoms with E-state index in [1.165, 1.54) is 16.5 Å². The van der Waals surface area contributed by atoms with Crippen LogP contribution in [0.5, 0.6) is 5.75 Å². The maximum absolute atomic E-state index is 13.0. The van der Waals surface area contributed by atoms with Gasteiger partial charge < -0.3 is 14.4 Å². The molecule has 2 heterocycles. The van der Waals surface area contributed by atoms with Crippen molar-refractivity contribution in [3.8, 4) is 5.75 Å². The Kier molecular flexibility index (Phi) is 7.16. The molecular formula is C26H28F3N3O3. The smallest absolute Gasteiger partial charge is 0.416 e. The van der Waals surface area contributed by atoms with Gasteiger partial charge in [0.1, 0.15) is 11.9 Å². The number of amides is 1. The maximum Gasteiger partial charge on any atom is 0.416 e. The van der Waals surface area contributed by atoms with Crippen molar-refractivity contribution in [3.05, 3.63) is 65.4 Å². The standard InChI is InChI=1S/C26H28F3N3O3/c1-17-12-19(26(27,28)29)9-10-24(17)32-16-21(35-25(32)33)15-31(2)11-5-7-18-6-4-8-23-22(18)13-20(34-3)14-30-23/h4,6,8-10,12-14,21H,5,7,11,15-16H2,1-3H3/t21-/m1/s1. The Balaban J connectivity index is 1.32. The van der Waals surface area contributed by atoms with Crippen LogP contribution in [0.1, 0.15) is 23.1 Å². The largest absolute Gasteiger partial charge is 0.495 e. The molecule has 0 saturated carbocycles. The summed E-state index contributed by atoms with van der Waals surface area (Å²) in [6, 6.07) is 11.4. The lowest BCUT2D eigenvalue weighted by molar-refractivity contribution is -0.137. The first-order valence-corrected chi connectivity index (χ1v) is 11.4. The highest BCUT2D eigenvalue weighted by Gasteiger charge is 2.35. The zero-order valence-corrected chi connectivity index (χ0v) is 19.9. The van der Waals surface area contributed by atoms with Gasteiger partial charge in [-0.3, -0.25) is 9.88 Å². The van der Waals surface area contributed by atoms with Gasteiger partial charge in [-0.2, -0.15) is 13.2 Å². The summed E-state index contributed by atoms with van der Waals surface area (Å²) in [7, 11) is 3.59. The van der Waals surface area contributed by atoms with Gasteiger partial charge in [0.05, 0.1) is 36.6 Å². The summed E-state index contributed by atoms with van der Waals surface area (Å²) in [4.78, 5) is 20.4. The lowest BCUT2D eigenvalue weighted by Gasteiger charge is -2.20. The number of carbonyl (C=O) groups is 1. The van der Waals surface area contributed by atoms with E-state index in [2.05, 4.69) is 16.0 Å². The fraction of sp³-hybridized carbons (Fsp3) is 0.385. The van der Waals surface area contributed by atoms with Crippen molar-refractivity contribution in [1.29, 1.82) is 0 Å². The van der Waals surface area contributed by atoms with Crippen molar-refractivity contribution >= 4 is 22.7 Å². The topological polar surface area (TPSA) is 54.9 Å². The highest BCUT2D eigenvalue weighted by Crippen LogP contribution is 2.34. The van der Waals surface area contributed by atoms with E-state index in [-0.39, 0.29) is 6.10 Å². The van der Waals surface area contributed by atoms with Gasteiger partial charge in [-0.05, 0) is 74.8 Å². The number of likely N-dealkylation sites (N-methyl/N-ethyl adjacent to an activating group) is 1. The molecule has 1 saturated heterocycles. The van der Waals surface area contributed by atoms with E-state index < -0.39 is 17.8 Å². The molecule has 4 rings (SSSR count). The molecule has 0 aliphatic carbocycles. The first-order valence-electron chi connectivity index (χ1n) is 11.4. The highest BCUT2D eigenvalue weighted by molar-refractivity contribution is 5.90. The van der Waals surface area contributed by atoms with Crippen molar-refractivity contribution in [3.63, 3.8) is 0 Å². The van der Waals surface area contributed by atoms with Crippen LogP contribution < -0.4 is 9.64 Å². The van der Waals surface area contributed by atoms with Crippen molar-refractivity contribution in [2.24, 2.45) is 0 Å². The van der Waals surface area contributed by atoms with Crippen molar-refractivity contribution in [2.45, 2.75) is 32.0 Å². The minimum atomic E-state index is -4.42. The lowest BCUT2D eigenvalue weighted by Crippen LogP contribution is -2.33. The molecule has 9 heteroatoms. The molecule has 2 aromatic carbocycles. The molecule has 1 fully saturated rings. The molecule has 0 radical (unpaired) electrons. The van der Waals surface area contributed by atoms with E-state index in [0.29, 0.717) is 24.3 Å². The summed E-state index contributed by atoms with van der Waals surface area (Å²) in [5.74, 6) is 0.720. The van der Waals surface area contributed by atoms with Crippen LogP contribution in [0.15, 0.2) is 48.7 Å². The lowest BCUT2D eigenvalue weighted by atomic mass is 10.0. The molecule has 186 valence electrons. The van der Waals surface area contributed by atoms with Crippen molar-refractivity contribution in [1.82, 2.24) is 9.88 Å². The van der Waals surface area contributed by atoms with Crippen LogP contribution in [-0.4, -0.2) is 55.9 Å². The van der Waals surface area contributed by atoms with Gasteiger partial charge in [0.15, 0.2) is 0 Å². The minimum Gasteiger partial charge on any atom is -0.495 e. The number of pyridine rings is 1. The summed E-state index contributed by atoms with van der Waals surface area (Å²) in [5.41, 5.74) is 2.20. The second-order valence-electron chi connectivity index (χ2n) is 8.84. The second-order valence-corrected chi connectivity index (χ2v) is 8.84. The Morgan fingerprint density at radius 1 is 1.23 bits per heavy atom.